The third-order valence-electron chi connectivity index (χ3n) is 1.27. The molecule has 0 unspecified atom stereocenters. The molecule has 1 aromatic heterocycles. The molecule has 0 aliphatic carbocycles. The Kier molecular flexibility index (Phi) is 2.81. The zero-order chi connectivity index (χ0) is 9.14. The van der Waals surface area contributed by atoms with E-state index < -0.39 is 7.12 Å². The Bertz CT molecular complexity index is 337. The van der Waals surface area contributed by atoms with Gasteiger partial charge in [0.1, 0.15) is 11.8 Å². The van der Waals surface area contributed by atoms with Gasteiger partial charge < -0.3 is 10.0 Å². The molecule has 0 spiro atoms. The highest BCUT2D eigenvalue weighted by Gasteiger charge is 2.15. The third-order valence-corrected chi connectivity index (χ3v) is 1.96. The van der Waals surface area contributed by atoms with Crippen LogP contribution >= 0.6 is 15.9 Å². The van der Waals surface area contributed by atoms with Crippen molar-refractivity contribution in [3.05, 3.63) is 22.4 Å². The summed E-state index contributed by atoms with van der Waals surface area (Å²) in [5.74, 6) is 0. The van der Waals surface area contributed by atoms with Crippen molar-refractivity contribution in [3.8, 4) is 6.07 Å². The Morgan fingerprint density at radius 3 is 2.67 bits per heavy atom. The van der Waals surface area contributed by atoms with E-state index in [1.54, 1.807) is 0 Å². The van der Waals surface area contributed by atoms with Gasteiger partial charge in [-0.05, 0) is 6.07 Å². The molecule has 0 fully saturated rings. The molecule has 1 heterocycles. The maximum atomic E-state index is 8.77. The van der Waals surface area contributed by atoms with Crippen molar-refractivity contribution in [3.63, 3.8) is 0 Å². The molecule has 0 saturated heterocycles. The first-order valence-corrected chi connectivity index (χ1v) is 3.86. The molecule has 6 heteroatoms. The quantitative estimate of drug-likeness (QED) is 0.627. The maximum Gasteiger partial charge on any atom is 0.491 e. The smallest absolute Gasteiger partial charge is 0.423 e. The number of halogens is 1. The van der Waals surface area contributed by atoms with E-state index in [9.17, 15) is 0 Å². The van der Waals surface area contributed by atoms with Crippen LogP contribution in [-0.4, -0.2) is 22.2 Å². The summed E-state index contributed by atoms with van der Waals surface area (Å²) in [6.07, 6.45) is 1.24. The number of rotatable bonds is 1. The Hall–Kier alpha value is -0.895. The lowest BCUT2D eigenvalue weighted by atomic mass is 9.82. The largest absolute Gasteiger partial charge is 0.491 e. The topological polar surface area (TPSA) is 77.1 Å². The second kappa shape index (κ2) is 3.67. The van der Waals surface area contributed by atoms with E-state index in [4.69, 9.17) is 15.3 Å². The van der Waals surface area contributed by atoms with Crippen molar-refractivity contribution in [1.82, 2.24) is 4.98 Å². The van der Waals surface area contributed by atoms with Crippen molar-refractivity contribution in [2.75, 3.05) is 0 Å². The summed E-state index contributed by atoms with van der Waals surface area (Å²) in [5, 5.41) is 26.0. The summed E-state index contributed by atoms with van der Waals surface area (Å²) >= 11 is 3.08. The van der Waals surface area contributed by atoms with Crippen molar-refractivity contribution >= 4 is 28.5 Å². The second-order valence-electron chi connectivity index (χ2n) is 2.08. The number of pyridine rings is 1. The van der Waals surface area contributed by atoms with Gasteiger partial charge in [0.05, 0.1) is 0 Å². The Morgan fingerprint density at radius 2 is 2.25 bits per heavy atom. The summed E-state index contributed by atoms with van der Waals surface area (Å²) in [6.45, 7) is 0. The van der Waals surface area contributed by atoms with Crippen molar-refractivity contribution in [2.45, 2.75) is 0 Å². The fourth-order valence-electron chi connectivity index (χ4n) is 0.693. The molecule has 12 heavy (non-hydrogen) atoms. The van der Waals surface area contributed by atoms with Crippen LogP contribution in [0.25, 0.3) is 0 Å². The van der Waals surface area contributed by atoms with Crippen LogP contribution in [-0.2, 0) is 0 Å². The van der Waals surface area contributed by atoms with Crippen LogP contribution in [0.15, 0.2) is 16.7 Å². The molecule has 60 valence electrons. The molecule has 1 rings (SSSR count). The monoisotopic (exact) mass is 226 g/mol. The molecular weight excluding hydrogens is 223 g/mol. The summed E-state index contributed by atoms with van der Waals surface area (Å²) in [5.41, 5.74) is 0.472. The predicted octanol–water partition coefficient (Wildman–Crippen LogP) is -0.604. The predicted molar refractivity (Wildman–Crippen MR) is 46.5 cm³/mol. The van der Waals surface area contributed by atoms with Gasteiger partial charge in [-0.25, -0.2) is 4.98 Å². The summed E-state index contributed by atoms with van der Waals surface area (Å²) < 4.78 is 0.462. The van der Waals surface area contributed by atoms with Gasteiger partial charge in [0.2, 0.25) is 0 Å². The fourth-order valence-corrected chi connectivity index (χ4v) is 1.22. The van der Waals surface area contributed by atoms with Gasteiger partial charge >= 0.3 is 7.12 Å². The van der Waals surface area contributed by atoms with Crippen molar-refractivity contribution in [1.29, 1.82) is 5.26 Å². The summed E-state index contributed by atoms with van der Waals surface area (Å²) in [7, 11) is -1.57. The summed E-state index contributed by atoms with van der Waals surface area (Å²) in [6, 6.07) is 3.25. The van der Waals surface area contributed by atoms with E-state index in [0.717, 1.165) is 0 Å². The molecule has 0 atom stereocenters. The normalized spacial score (nSPS) is 9.17. The average Bonchev–Trinajstić information content (AvgIpc) is 2.03. The average molecular weight is 227 g/mol. The lowest BCUT2D eigenvalue weighted by Crippen LogP contribution is -2.31. The minimum Gasteiger partial charge on any atom is -0.423 e. The number of nitrogens with zero attached hydrogens (tertiary/aromatic N) is 2. The van der Waals surface area contributed by atoms with Crippen molar-refractivity contribution < 1.29 is 10.0 Å². The molecule has 0 aliphatic heterocycles. The third kappa shape index (κ3) is 1.82. The molecule has 2 N–H and O–H groups in total. The highest BCUT2D eigenvalue weighted by molar-refractivity contribution is 9.10. The SMILES string of the molecule is N#Cc1cc(Br)c(B(O)O)cn1. The first kappa shape index (κ1) is 9.19. The van der Waals surface area contributed by atoms with Crippen LogP contribution in [0.3, 0.4) is 0 Å². The molecule has 0 saturated carbocycles. The molecule has 1 aromatic rings. The van der Waals surface area contributed by atoms with Gasteiger partial charge in [-0.1, -0.05) is 15.9 Å². The summed E-state index contributed by atoms with van der Waals surface area (Å²) in [4.78, 5) is 3.67. The maximum absolute atomic E-state index is 8.77. The minimum atomic E-state index is -1.57. The highest BCUT2D eigenvalue weighted by atomic mass is 79.9. The molecule has 0 radical (unpaired) electrons. The van der Waals surface area contributed by atoms with Gasteiger partial charge in [0.15, 0.2) is 0 Å². The molecule has 0 bridgehead atoms. The van der Waals surface area contributed by atoms with Gasteiger partial charge in [-0.2, -0.15) is 5.26 Å². The number of nitriles is 1. The lowest BCUT2D eigenvalue weighted by molar-refractivity contribution is 0.425. The second-order valence-corrected chi connectivity index (χ2v) is 2.93. The van der Waals surface area contributed by atoms with Crippen LogP contribution in [0.1, 0.15) is 5.69 Å². The first-order chi connectivity index (χ1) is 5.65. The van der Waals surface area contributed by atoms with Crippen LogP contribution in [0, 0.1) is 11.3 Å². The highest BCUT2D eigenvalue weighted by Crippen LogP contribution is 2.06. The number of hydrogen-bond donors (Lipinski definition) is 2. The van der Waals surface area contributed by atoms with E-state index >= 15 is 0 Å². The molecular formula is C6H4BBrN2O2. The molecule has 0 amide bonds. The van der Waals surface area contributed by atoms with E-state index in [1.165, 1.54) is 12.3 Å². The molecule has 0 aliphatic rings. The van der Waals surface area contributed by atoms with Crippen molar-refractivity contribution in [2.24, 2.45) is 0 Å². The minimum absolute atomic E-state index is 0.228. The van der Waals surface area contributed by atoms with Crippen LogP contribution in [0.4, 0.5) is 0 Å². The number of hydrogen-bond acceptors (Lipinski definition) is 4. The van der Waals surface area contributed by atoms with E-state index in [-0.39, 0.29) is 11.2 Å². The Labute approximate surface area is 77.8 Å². The van der Waals surface area contributed by atoms with Gasteiger partial charge in [0.25, 0.3) is 0 Å². The van der Waals surface area contributed by atoms with E-state index in [2.05, 4.69) is 20.9 Å². The van der Waals surface area contributed by atoms with Crippen LogP contribution in [0.2, 0.25) is 0 Å². The van der Waals surface area contributed by atoms with Gasteiger partial charge in [-0.15, -0.1) is 0 Å². The number of aromatic nitrogens is 1. The molecule has 4 nitrogen and oxygen atoms in total. The van der Waals surface area contributed by atoms with Crippen LogP contribution in [0.5, 0.6) is 0 Å². The fraction of sp³-hybridized carbons (Fsp3) is 0. The Balaban J connectivity index is 3.14. The van der Waals surface area contributed by atoms with E-state index in [1.807, 2.05) is 6.07 Å². The lowest BCUT2D eigenvalue weighted by Gasteiger charge is -2.00. The molecule has 0 aromatic carbocycles. The zero-order valence-electron chi connectivity index (χ0n) is 5.90. The van der Waals surface area contributed by atoms with Gasteiger partial charge in [-0.3, -0.25) is 0 Å². The Morgan fingerprint density at radius 1 is 1.58 bits per heavy atom. The first-order valence-electron chi connectivity index (χ1n) is 3.07. The zero-order valence-corrected chi connectivity index (χ0v) is 7.48. The van der Waals surface area contributed by atoms with Gasteiger partial charge in [0, 0.05) is 16.1 Å². The van der Waals surface area contributed by atoms with Crippen LogP contribution < -0.4 is 5.46 Å². The standard InChI is InChI=1S/C6H4BBrN2O2/c8-6-1-4(2-9)10-3-5(6)7(11)12/h1,3,11-12H. The van der Waals surface area contributed by atoms with E-state index in [0.29, 0.717) is 4.47 Å².